The molecule has 0 radical (unpaired) electrons. The van der Waals surface area contributed by atoms with Crippen molar-refractivity contribution >= 4 is 17.7 Å². The monoisotopic (exact) mass is 685 g/mol. The van der Waals surface area contributed by atoms with Gasteiger partial charge in [-0.1, -0.05) is 27.7 Å². The van der Waals surface area contributed by atoms with Gasteiger partial charge in [0.05, 0.1) is 61.8 Å². The molecular formula is C35H59NO12. The van der Waals surface area contributed by atoms with Gasteiger partial charge in [-0.25, -0.2) is 0 Å². The van der Waals surface area contributed by atoms with Crippen LogP contribution in [-0.4, -0.2) is 133 Å². The van der Waals surface area contributed by atoms with E-state index in [1.165, 1.54) is 13.8 Å². The Hall–Kier alpha value is -1.71. The number of ether oxygens (including phenoxy) is 7. The molecule has 2 bridgehead atoms. The number of carbonyl (C=O) groups excluding carboxylic acids is 3. The zero-order valence-electron chi connectivity index (χ0n) is 30.6. The summed E-state index contributed by atoms with van der Waals surface area (Å²) in [7, 11) is 3.82. The molecule has 13 heteroatoms. The predicted molar refractivity (Wildman–Crippen MR) is 173 cm³/mol. The fourth-order valence-corrected chi connectivity index (χ4v) is 7.97. The molecule has 0 aromatic carbocycles. The minimum Gasteiger partial charge on any atom is -0.459 e. The minimum atomic E-state index is -1.90. The van der Waals surface area contributed by atoms with Gasteiger partial charge >= 0.3 is 11.9 Å². The molecule has 0 aromatic heterocycles. The van der Waals surface area contributed by atoms with E-state index in [1.807, 2.05) is 39.8 Å². The molecule has 0 aliphatic carbocycles. The molecule has 48 heavy (non-hydrogen) atoms. The molecule has 0 amide bonds. The number of carbonyl (C=O) groups is 3. The highest BCUT2D eigenvalue weighted by atomic mass is 16.7. The van der Waals surface area contributed by atoms with Crippen molar-refractivity contribution in [3.63, 3.8) is 0 Å². The van der Waals surface area contributed by atoms with Crippen molar-refractivity contribution in [3.8, 4) is 0 Å². The summed E-state index contributed by atoms with van der Waals surface area (Å²) in [6.07, 6.45) is -5.33. The van der Waals surface area contributed by atoms with Crippen LogP contribution in [0, 0.1) is 23.7 Å². The zero-order valence-corrected chi connectivity index (χ0v) is 30.6. The second-order valence-corrected chi connectivity index (χ2v) is 15.5. The molecule has 1 unspecified atom stereocenters. The first-order valence-electron chi connectivity index (χ1n) is 17.5. The summed E-state index contributed by atoms with van der Waals surface area (Å²) in [5.41, 5.74) is -3.82. The van der Waals surface area contributed by atoms with Crippen LogP contribution < -0.4 is 0 Å². The summed E-state index contributed by atoms with van der Waals surface area (Å²) in [5, 5.41) is 22.9. The maximum Gasteiger partial charge on any atom is 0.311 e. The summed E-state index contributed by atoms with van der Waals surface area (Å²) in [6, 6.07) is -0.218. The Labute approximate surface area is 285 Å². The number of aliphatic hydroxyl groups is 2. The highest BCUT2D eigenvalue weighted by molar-refractivity contribution is 5.83. The number of hydrogen-bond acceptors (Lipinski definition) is 13. The molecule has 4 heterocycles. The predicted octanol–water partition coefficient (Wildman–Crippen LogP) is 2.26. The van der Waals surface area contributed by atoms with Crippen LogP contribution in [0.15, 0.2) is 0 Å². The Bertz CT molecular complexity index is 1160. The van der Waals surface area contributed by atoms with E-state index in [2.05, 4.69) is 0 Å². The molecule has 15 atom stereocenters. The standard InChI is InChI=1S/C35H59NO12/c1-12-25-34(9,41)29(39)20(4)26(38)18(2)14-33(8)30(48-32-28(46-23(7)37)24(36(10)11)13-19(3)45-32)21(5)27(22(6)31(40)47-25)42-15-35(16-43-33)17-44-35/h18-22,24-25,27-30,32,39,41H,12-17H2,1-11H3/t18-,19-,20+,21-,22-,24+,25-,27+,28-,29+,30-,32-,33-,34-,35?/m1/s1. The lowest BCUT2D eigenvalue weighted by atomic mass is 9.74. The number of esters is 2. The lowest BCUT2D eigenvalue weighted by Crippen LogP contribution is -2.61. The highest BCUT2D eigenvalue weighted by Crippen LogP contribution is 2.43. The third-order valence-corrected chi connectivity index (χ3v) is 11.1. The largest absolute Gasteiger partial charge is 0.459 e. The number of Topliss-reactive ketones (excluding diaryl/α,β-unsaturated/α-hetero) is 1. The number of nitrogens with zero attached hydrogens (tertiary/aromatic N) is 1. The SMILES string of the molecule is CC[C@H]1OC(=O)[C@H](C)[C@H]2OCC3(CO3)CO[C@](C)(C[C@@H](C)C(=O)[C@H](C)[C@H](O)[C@]1(C)O)[C@H](O[C@H]1O[C@H](C)C[C@H](N(C)C)[C@H]1OC(C)=O)[C@@H]2C. The molecule has 276 valence electrons. The van der Waals surface area contributed by atoms with E-state index >= 15 is 0 Å². The number of epoxide rings is 1. The Balaban J connectivity index is 1.86. The van der Waals surface area contributed by atoms with E-state index < -0.39 is 89.2 Å². The van der Waals surface area contributed by atoms with E-state index in [4.69, 9.17) is 33.2 Å². The number of rotatable bonds is 5. The van der Waals surface area contributed by atoms with Crippen LogP contribution in [0.1, 0.15) is 81.6 Å². The van der Waals surface area contributed by atoms with Crippen LogP contribution in [0.4, 0.5) is 0 Å². The Kier molecular flexibility index (Phi) is 12.1. The Morgan fingerprint density at radius 2 is 1.65 bits per heavy atom. The van der Waals surface area contributed by atoms with Crippen molar-refractivity contribution in [1.29, 1.82) is 0 Å². The summed E-state index contributed by atoms with van der Waals surface area (Å²) >= 11 is 0. The van der Waals surface area contributed by atoms with E-state index in [9.17, 15) is 24.6 Å². The molecule has 4 saturated heterocycles. The van der Waals surface area contributed by atoms with E-state index in [0.29, 0.717) is 13.0 Å². The van der Waals surface area contributed by atoms with Crippen LogP contribution in [0.5, 0.6) is 0 Å². The zero-order chi connectivity index (χ0) is 35.9. The molecule has 0 saturated carbocycles. The molecular weight excluding hydrogens is 626 g/mol. The second kappa shape index (κ2) is 14.9. The van der Waals surface area contributed by atoms with Gasteiger partial charge in [0.15, 0.2) is 12.4 Å². The average Bonchev–Trinajstić information content (AvgIpc) is 3.79. The van der Waals surface area contributed by atoms with Crippen LogP contribution in [-0.2, 0) is 47.5 Å². The first-order chi connectivity index (χ1) is 22.3. The van der Waals surface area contributed by atoms with Gasteiger partial charge in [0.2, 0.25) is 0 Å². The van der Waals surface area contributed by atoms with Crippen molar-refractivity contribution < 1.29 is 57.8 Å². The average molecular weight is 686 g/mol. The molecule has 13 nitrogen and oxygen atoms in total. The van der Waals surface area contributed by atoms with Crippen LogP contribution >= 0.6 is 0 Å². The molecule has 4 aliphatic heterocycles. The Morgan fingerprint density at radius 3 is 2.21 bits per heavy atom. The molecule has 4 aliphatic rings. The number of aliphatic hydroxyl groups excluding tert-OH is 1. The summed E-state index contributed by atoms with van der Waals surface area (Å²) in [6.45, 7) is 15.9. The maximum atomic E-state index is 14.0. The van der Waals surface area contributed by atoms with Gasteiger partial charge in [0.1, 0.15) is 23.1 Å². The first-order valence-corrected chi connectivity index (χ1v) is 17.5. The molecule has 4 rings (SSSR count). The number of cyclic esters (lactones) is 1. The smallest absolute Gasteiger partial charge is 0.311 e. The van der Waals surface area contributed by atoms with Crippen molar-refractivity contribution in [3.05, 3.63) is 0 Å². The van der Waals surface area contributed by atoms with Gasteiger partial charge in [-0.2, -0.15) is 0 Å². The quantitative estimate of drug-likeness (QED) is 0.321. The fourth-order valence-electron chi connectivity index (χ4n) is 7.97. The van der Waals surface area contributed by atoms with E-state index in [-0.39, 0.29) is 44.0 Å². The number of likely N-dealkylation sites (N-methyl/N-ethyl adjacent to an activating group) is 1. The molecule has 4 fully saturated rings. The van der Waals surface area contributed by atoms with Gasteiger partial charge < -0.3 is 48.3 Å². The topological polar surface area (TPSA) is 163 Å². The fraction of sp³-hybridized carbons (Fsp3) is 0.914. The van der Waals surface area contributed by atoms with Crippen molar-refractivity contribution in [2.75, 3.05) is 33.9 Å². The number of hydrogen-bond donors (Lipinski definition) is 2. The third-order valence-electron chi connectivity index (χ3n) is 11.1. The third kappa shape index (κ3) is 8.09. The second-order valence-electron chi connectivity index (χ2n) is 15.5. The maximum absolute atomic E-state index is 14.0. The van der Waals surface area contributed by atoms with Crippen LogP contribution in [0.25, 0.3) is 0 Å². The summed E-state index contributed by atoms with van der Waals surface area (Å²) in [4.78, 5) is 42.2. The number of ketones is 1. The lowest BCUT2D eigenvalue weighted by Gasteiger charge is -2.49. The van der Waals surface area contributed by atoms with Gasteiger partial charge in [-0.05, 0) is 61.1 Å². The van der Waals surface area contributed by atoms with E-state index in [1.54, 1.807) is 27.7 Å². The van der Waals surface area contributed by atoms with Gasteiger partial charge in [0.25, 0.3) is 0 Å². The van der Waals surface area contributed by atoms with Crippen molar-refractivity contribution in [2.45, 2.75) is 147 Å². The molecule has 1 spiro atoms. The minimum absolute atomic E-state index is 0.142. The van der Waals surface area contributed by atoms with Crippen molar-refractivity contribution in [2.24, 2.45) is 23.7 Å². The van der Waals surface area contributed by atoms with Crippen LogP contribution in [0.2, 0.25) is 0 Å². The molecule has 0 aromatic rings. The van der Waals surface area contributed by atoms with Crippen LogP contribution in [0.3, 0.4) is 0 Å². The molecule has 2 N–H and O–H groups in total. The first kappa shape index (κ1) is 39.1. The van der Waals surface area contributed by atoms with Gasteiger partial charge in [-0.15, -0.1) is 0 Å². The van der Waals surface area contributed by atoms with E-state index in [0.717, 1.165) is 0 Å². The van der Waals surface area contributed by atoms with Gasteiger partial charge in [0, 0.05) is 24.7 Å². The summed E-state index contributed by atoms with van der Waals surface area (Å²) in [5.74, 6) is -4.46. The Morgan fingerprint density at radius 1 is 1.02 bits per heavy atom. The van der Waals surface area contributed by atoms with Gasteiger partial charge in [-0.3, -0.25) is 14.4 Å². The highest BCUT2D eigenvalue weighted by Gasteiger charge is 2.57. The normalized spacial score (nSPS) is 47.9. The van der Waals surface area contributed by atoms with Crippen molar-refractivity contribution in [1.82, 2.24) is 4.90 Å². The summed E-state index contributed by atoms with van der Waals surface area (Å²) < 4.78 is 44.2. The number of fused-ring (bicyclic) bond motifs is 3. The lowest BCUT2D eigenvalue weighted by molar-refractivity contribution is -0.305.